The molecular weight excluding hydrogens is 254 g/mol. The van der Waals surface area contributed by atoms with E-state index >= 15 is 0 Å². The number of carbonyl (C=O) groups excluding carboxylic acids is 1. The third-order valence-electron chi connectivity index (χ3n) is 2.67. The van der Waals surface area contributed by atoms with Gasteiger partial charge in [-0.1, -0.05) is 11.6 Å². The lowest BCUT2D eigenvalue weighted by atomic mass is 10.2. The quantitative estimate of drug-likeness (QED) is 0.912. The Kier molecular flexibility index (Phi) is 4.99. The number of rotatable bonds is 4. The fraction of sp³-hybridized carbons (Fsp3) is 0.462. The van der Waals surface area contributed by atoms with Crippen LogP contribution in [-0.2, 0) is 9.47 Å². The summed E-state index contributed by atoms with van der Waals surface area (Å²) in [5.74, 6) is -0.109. The summed E-state index contributed by atoms with van der Waals surface area (Å²) < 4.78 is 10.8. The van der Waals surface area contributed by atoms with Gasteiger partial charge in [0.25, 0.3) is 5.91 Å². The molecule has 0 aliphatic carbocycles. The third-order valence-corrected chi connectivity index (χ3v) is 2.92. The molecule has 0 radical (unpaired) electrons. The topological polar surface area (TPSA) is 47.6 Å². The maximum Gasteiger partial charge on any atom is 0.251 e. The van der Waals surface area contributed by atoms with Gasteiger partial charge in [0.1, 0.15) is 0 Å². The summed E-state index contributed by atoms with van der Waals surface area (Å²) in [6, 6.07) is 6.80. The van der Waals surface area contributed by atoms with Crippen molar-refractivity contribution in [3.63, 3.8) is 0 Å². The van der Waals surface area contributed by atoms with Gasteiger partial charge in [-0.3, -0.25) is 4.79 Å². The molecule has 0 unspecified atom stereocenters. The maximum absolute atomic E-state index is 11.8. The maximum atomic E-state index is 11.8. The van der Waals surface area contributed by atoms with Crippen LogP contribution in [0.5, 0.6) is 0 Å². The van der Waals surface area contributed by atoms with E-state index in [4.69, 9.17) is 21.1 Å². The minimum absolute atomic E-state index is 0.109. The van der Waals surface area contributed by atoms with Gasteiger partial charge < -0.3 is 14.8 Å². The molecule has 1 saturated heterocycles. The summed E-state index contributed by atoms with van der Waals surface area (Å²) in [7, 11) is 0. The van der Waals surface area contributed by atoms with Gasteiger partial charge >= 0.3 is 0 Å². The Bertz CT molecular complexity index is 388. The highest BCUT2D eigenvalue weighted by Crippen LogP contribution is 2.10. The van der Waals surface area contributed by atoms with Crippen molar-refractivity contribution in [2.24, 2.45) is 0 Å². The minimum Gasteiger partial charge on any atom is -0.353 e. The first kappa shape index (κ1) is 13.3. The molecule has 0 aromatic heterocycles. The summed E-state index contributed by atoms with van der Waals surface area (Å²) in [6.45, 7) is 2.00. The number of hydrogen-bond donors (Lipinski definition) is 1. The van der Waals surface area contributed by atoms with Crippen LogP contribution >= 0.6 is 11.6 Å². The number of halogens is 1. The number of hydrogen-bond acceptors (Lipinski definition) is 3. The Morgan fingerprint density at radius 1 is 1.28 bits per heavy atom. The van der Waals surface area contributed by atoms with Crippen LogP contribution in [0.2, 0.25) is 5.02 Å². The average molecular weight is 270 g/mol. The molecule has 1 heterocycles. The fourth-order valence-electron chi connectivity index (χ4n) is 1.71. The summed E-state index contributed by atoms with van der Waals surface area (Å²) >= 11 is 5.76. The van der Waals surface area contributed by atoms with Crippen molar-refractivity contribution in [3.05, 3.63) is 34.9 Å². The Morgan fingerprint density at radius 3 is 2.61 bits per heavy atom. The van der Waals surface area contributed by atoms with Gasteiger partial charge in [-0.05, 0) is 30.7 Å². The highest BCUT2D eigenvalue weighted by Gasteiger charge is 2.14. The van der Waals surface area contributed by atoms with E-state index in [0.717, 1.165) is 19.6 Å². The van der Waals surface area contributed by atoms with Crippen LogP contribution in [0.4, 0.5) is 0 Å². The minimum atomic E-state index is -0.190. The van der Waals surface area contributed by atoms with E-state index in [1.165, 1.54) is 0 Å². The first-order valence-electron chi connectivity index (χ1n) is 6.03. The van der Waals surface area contributed by atoms with Crippen LogP contribution in [0, 0.1) is 0 Å². The summed E-state index contributed by atoms with van der Waals surface area (Å²) in [4.78, 5) is 11.8. The lowest BCUT2D eigenvalue weighted by Crippen LogP contribution is -2.31. The highest BCUT2D eigenvalue weighted by atomic mass is 35.5. The van der Waals surface area contributed by atoms with Gasteiger partial charge in [-0.2, -0.15) is 0 Å². The molecule has 18 heavy (non-hydrogen) atoms. The number of benzene rings is 1. The number of amides is 1. The molecule has 1 aromatic rings. The van der Waals surface area contributed by atoms with Gasteiger partial charge in [0.05, 0.1) is 13.2 Å². The zero-order chi connectivity index (χ0) is 12.8. The molecule has 98 valence electrons. The molecular formula is C13H16ClNO3. The van der Waals surface area contributed by atoms with Crippen LogP contribution in [0.15, 0.2) is 24.3 Å². The van der Waals surface area contributed by atoms with Crippen molar-refractivity contribution in [1.82, 2.24) is 5.32 Å². The van der Waals surface area contributed by atoms with Crippen molar-refractivity contribution in [3.8, 4) is 0 Å². The van der Waals surface area contributed by atoms with Gasteiger partial charge in [-0.25, -0.2) is 0 Å². The fourth-order valence-corrected chi connectivity index (χ4v) is 1.84. The molecule has 0 atom stereocenters. The van der Waals surface area contributed by atoms with E-state index in [2.05, 4.69) is 5.32 Å². The van der Waals surface area contributed by atoms with Gasteiger partial charge in [0.2, 0.25) is 0 Å². The number of nitrogens with one attached hydrogen (secondary N) is 1. The first-order chi connectivity index (χ1) is 8.75. The van der Waals surface area contributed by atoms with E-state index < -0.39 is 0 Å². The SMILES string of the molecule is O=C(NCCC1OCCCO1)c1ccc(Cl)cc1. The van der Waals surface area contributed by atoms with Gasteiger partial charge in [-0.15, -0.1) is 0 Å². The van der Waals surface area contributed by atoms with Crippen LogP contribution in [0.3, 0.4) is 0 Å². The van der Waals surface area contributed by atoms with E-state index in [0.29, 0.717) is 23.6 Å². The van der Waals surface area contributed by atoms with Crippen molar-refractivity contribution in [1.29, 1.82) is 0 Å². The Balaban J connectivity index is 1.72. The predicted molar refractivity (Wildman–Crippen MR) is 68.7 cm³/mol. The molecule has 1 aliphatic rings. The average Bonchev–Trinajstić information content (AvgIpc) is 2.40. The van der Waals surface area contributed by atoms with Crippen LogP contribution in [0.25, 0.3) is 0 Å². The van der Waals surface area contributed by atoms with Crippen LogP contribution in [-0.4, -0.2) is 32.0 Å². The van der Waals surface area contributed by atoms with Crippen LogP contribution in [0.1, 0.15) is 23.2 Å². The van der Waals surface area contributed by atoms with Gasteiger partial charge in [0, 0.05) is 23.6 Å². The second-order valence-electron chi connectivity index (χ2n) is 4.08. The van der Waals surface area contributed by atoms with Crippen molar-refractivity contribution >= 4 is 17.5 Å². The van der Waals surface area contributed by atoms with E-state index in [-0.39, 0.29) is 12.2 Å². The second kappa shape index (κ2) is 6.73. The van der Waals surface area contributed by atoms with E-state index in [9.17, 15) is 4.79 Å². The monoisotopic (exact) mass is 269 g/mol. The molecule has 1 N–H and O–H groups in total. The lowest BCUT2D eigenvalue weighted by molar-refractivity contribution is -0.180. The molecule has 2 rings (SSSR count). The summed E-state index contributed by atoms with van der Waals surface area (Å²) in [6.07, 6.45) is 1.41. The predicted octanol–water partition coefficient (Wildman–Crippen LogP) is 2.22. The van der Waals surface area contributed by atoms with E-state index in [1.54, 1.807) is 24.3 Å². The molecule has 5 heteroatoms. The molecule has 1 amide bonds. The first-order valence-corrected chi connectivity index (χ1v) is 6.40. The van der Waals surface area contributed by atoms with Crippen molar-refractivity contribution in [2.75, 3.05) is 19.8 Å². The van der Waals surface area contributed by atoms with Crippen molar-refractivity contribution in [2.45, 2.75) is 19.1 Å². The molecule has 0 spiro atoms. The smallest absolute Gasteiger partial charge is 0.251 e. The number of carbonyl (C=O) groups is 1. The molecule has 1 aromatic carbocycles. The van der Waals surface area contributed by atoms with Crippen LogP contribution < -0.4 is 5.32 Å². The second-order valence-corrected chi connectivity index (χ2v) is 4.51. The van der Waals surface area contributed by atoms with E-state index in [1.807, 2.05) is 0 Å². The molecule has 4 nitrogen and oxygen atoms in total. The molecule has 0 bridgehead atoms. The van der Waals surface area contributed by atoms with Crippen molar-refractivity contribution < 1.29 is 14.3 Å². The number of ether oxygens (including phenoxy) is 2. The molecule has 1 fully saturated rings. The Labute approximate surface area is 111 Å². The zero-order valence-electron chi connectivity index (χ0n) is 10.0. The Hall–Kier alpha value is -1.10. The molecule has 0 saturated carbocycles. The summed E-state index contributed by atoms with van der Waals surface area (Å²) in [5.41, 5.74) is 0.602. The zero-order valence-corrected chi connectivity index (χ0v) is 10.8. The third kappa shape index (κ3) is 3.98. The highest BCUT2D eigenvalue weighted by molar-refractivity contribution is 6.30. The normalized spacial score (nSPS) is 16.5. The largest absolute Gasteiger partial charge is 0.353 e. The van der Waals surface area contributed by atoms with Gasteiger partial charge in [0.15, 0.2) is 6.29 Å². The standard InChI is InChI=1S/C13H16ClNO3/c14-11-4-2-10(3-5-11)13(16)15-7-6-12-17-8-1-9-18-12/h2-5,12H,1,6-9H2,(H,15,16). The summed E-state index contributed by atoms with van der Waals surface area (Å²) in [5, 5.41) is 3.44. The molecule has 1 aliphatic heterocycles. The Morgan fingerprint density at radius 2 is 1.94 bits per heavy atom. The lowest BCUT2D eigenvalue weighted by Gasteiger charge is -2.23.